The second-order valence-corrected chi connectivity index (χ2v) is 15.1. The number of pyridine rings is 2. The Morgan fingerprint density at radius 1 is 0.600 bits per heavy atom. The van der Waals surface area contributed by atoms with Crippen molar-refractivity contribution in [1.82, 2.24) is 9.97 Å². The summed E-state index contributed by atoms with van der Waals surface area (Å²) in [5.41, 5.74) is 11.1. The van der Waals surface area contributed by atoms with Gasteiger partial charge in [0, 0.05) is 38.4 Å². The molecule has 2 heterocycles. The minimum absolute atomic E-state index is 0. The van der Waals surface area contributed by atoms with Crippen molar-refractivity contribution in [2.45, 2.75) is 84.5 Å². The number of benzene rings is 2. The maximum atomic E-state index is 4.59. The summed E-state index contributed by atoms with van der Waals surface area (Å²) < 4.78 is 0. The van der Waals surface area contributed by atoms with E-state index in [1.54, 1.807) is 0 Å². The first-order valence-corrected chi connectivity index (χ1v) is 15.7. The maximum Gasteiger partial charge on any atom is 0.0163 e. The van der Waals surface area contributed by atoms with Crippen molar-refractivity contribution in [2.75, 3.05) is 0 Å². The molecule has 45 heavy (non-hydrogen) atoms. The van der Waals surface area contributed by atoms with Crippen LogP contribution >= 0.6 is 0 Å². The number of fused-ring (bicyclic) bond motifs is 3. The molecule has 0 N–H and O–H groups in total. The van der Waals surface area contributed by atoms with Gasteiger partial charge in [0.25, 0.3) is 0 Å². The van der Waals surface area contributed by atoms with Gasteiger partial charge in [-0.15, -0.1) is 76.4 Å². The Kier molecular flexibility index (Phi) is 10.4. The standard InChI is InChI=1S/C23H22N.C19H24N.Ir/c1-23(2,3)19-12-13-24-22(15-19)18-11-10-17-9-8-16-6-4-5-7-20(16)21(17)14-18;1-18(2,3)15-9-7-8-14(12-15)17-13-16(10-11-20-17)19(4,5)6;/h4-10,12-16,20H,1-3H3;7,9-13H,1-6H3;/q2*-1;. The van der Waals surface area contributed by atoms with Crippen LogP contribution in [-0.4, -0.2) is 9.97 Å². The summed E-state index contributed by atoms with van der Waals surface area (Å²) in [6, 6.07) is 26.0. The van der Waals surface area contributed by atoms with Gasteiger partial charge in [0.2, 0.25) is 0 Å². The molecule has 0 aliphatic heterocycles. The Balaban J connectivity index is 0.000000204. The van der Waals surface area contributed by atoms with E-state index in [0.717, 1.165) is 22.5 Å². The van der Waals surface area contributed by atoms with E-state index in [0.29, 0.717) is 11.8 Å². The van der Waals surface area contributed by atoms with Crippen molar-refractivity contribution in [3.8, 4) is 22.5 Å². The second-order valence-electron chi connectivity index (χ2n) is 15.1. The summed E-state index contributed by atoms with van der Waals surface area (Å²) in [7, 11) is 0. The maximum absolute atomic E-state index is 4.59. The Labute approximate surface area is 285 Å². The van der Waals surface area contributed by atoms with E-state index in [-0.39, 0.29) is 36.4 Å². The van der Waals surface area contributed by atoms with Crippen LogP contribution in [0.2, 0.25) is 0 Å². The molecule has 4 aromatic rings. The average molecular weight is 771 g/mol. The molecule has 0 spiro atoms. The van der Waals surface area contributed by atoms with Crippen LogP contribution in [-0.2, 0) is 36.4 Å². The summed E-state index contributed by atoms with van der Waals surface area (Å²) in [5.74, 6) is 0.890. The van der Waals surface area contributed by atoms with Gasteiger partial charge < -0.3 is 9.97 Å². The quantitative estimate of drug-likeness (QED) is 0.190. The zero-order chi connectivity index (χ0) is 31.7. The van der Waals surface area contributed by atoms with Gasteiger partial charge in [-0.1, -0.05) is 105 Å². The number of hydrogen-bond acceptors (Lipinski definition) is 2. The van der Waals surface area contributed by atoms with E-state index in [4.69, 9.17) is 0 Å². The molecule has 2 aromatic carbocycles. The fraction of sp³-hybridized carbons (Fsp3) is 0.333. The molecule has 0 saturated heterocycles. The largest absolute Gasteiger partial charge is 0.305 e. The molecule has 2 atom stereocenters. The van der Waals surface area contributed by atoms with Gasteiger partial charge in [0.15, 0.2) is 0 Å². The average Bonchev–Trinajstić information content (AvgIpc) is 3.00. The van der Waals surface area contributed by atoms with Crippen LogP contribution in [0, 0.1) is 18.1 Å². The number of rotatable bonds is 2. The molecule has 3 heteroatoms. The van der Waals surface area contributed by atoms with E-state index in [9.17, 15) is 0 Å². The predicted molar refractivity (Wildman–Crippen MR) is 187 cm³/mol. The van der Waals surface area contributed by atoms with Crippen LogP contribution in [0.1, 0.15) is 96.0 Å². The molecule has 2 aliphatic rings. The molecule has 2 unspecified atom stereocenters. The van der Waals surface area contributed by atoms with Crippen molar-refractivity contribution < 1.29 is 20.1 Å². The van der Waals surface area contributed by atoms with E-state index >= 15 is 0 Å². The van der Waals surface area contributed by atoms with E-state index in [2.05, 4.69) is 169 Å². The third kappa shape index (κ3) is 8.26. The SMILES string of the molecule is CC(C)(C)c1cc[c-]c(-c2cc(C(C)(C)C)ccn2)c1.CC(C)(C)c1ccnc(-c2[c-]cc3c(c2)C2C=CC=CC2C=C3)c1.[Ir]. The van der Waals surface area contributed by atoms with Gasteiger partial charge in [0.1, 0.15) is 0 Å². The predicted octanol–water partition coefficient (Wildman–Crippen LogP) is 10.8. The second kappa shape index (κ2) is 13.5. The van der Waals surface area contributed by atoms with Crippen LogP contribution in [0.15, 0.2) is 97.4 Å². The van der Waals surface area contributed by atoms with Gasteiger partial charge >= 0.3 is 0 Å². The molecule has 2 nitrogen and oxygen atoms in total. The van der Waals surface area contributed by atoms with Gasteiger partial charge in [-0.2, -0.15) is 0 Å². The van der Waals surface area contributed by atoms with Crippen molar-refractivity contribution >= 4 is 6.08 Å². The van der Waals surface area contributed by atoms with Gasteiger partial charge in [-0.05, 0) is 56.8 Å². The van der Waals surface area contributed by atoms with Gasteiger partial charge in [0.05, 0.1) is 0 Å². The Bertz CT molecular complexity index is 1670. The van der Waals surface area contributed by atoms with Crippen LogP contribution in [0.4, 0.5) is 0 Å². The van der Waals surface area contributed by atoms with Crippen LogP contribution in [0.3, 0.4) is 0 Å². The number of hydrogen-bond donors (Lipinski definition) is 0. The minimum Gasteiger partial charge on any atom is -0.305 e. The van der Waals surface area contributed by atoms with Crippen LogP contribution in [0.5, 0.6) is 0 Å². The summed E-state index contributed by atoms with van der Waals surface area (Å²) >= 11 is 0. The fourth-order valence-electron chi connectivity index (χ4n) is 5.60. The molecule has 0 amide bonds. The van der Waals surface area contributed by atoms with Crippen molar-refractivity contribution in [3.05, 3.63) is 137 Å². The molecular formula is C42H46IrN2-2. The van der Waals surface area contributed by atoms with Crippen molar-refractivity contribution in [3.63, 3.8) is 0 Å². The van der Waals surface area contributed by atoms with Gasteiger partial charge in [-0.25, -0.2) is 0 Å². The first-order chi connectivity index (χ1) is 20.7. The molecule has 2 aromatic heterocycles. The number of allylic oxidation sites excluding steroid dienone is 5. The first-order valence-electron chi connectivity index (χ1n) is 15.7. The zero-order valence-corrected chi connectivity index (χ0v) is 30.6. The molecule has 2 aliphatic carbocycles. The fourth-order valence-corrected chi connectivity index (χ4v) is 5.60. The Morgan fingerprint density at radius 3 is 1.71 bits per heavy atom. The summed E-state index contributed by atoms with van der Waals surface area (Å²) in [6.45, 7) is 20.1. The normalized spacial score (nSPS) is 17.0. The minimum atomic E-state index is 0. The molecule has 6 rings (SSSR count). The third-order valence-electron chi connectivity index (χ3n) is 8.52. The monoisotopic (exact) mass is 771 g/mol. The Morgan fingerprint density at radius 2 is 1.13 bits per heavy atom. The topological polar surface area (TPSA) is 25.8 Å². The van der Waals surface area contributed by atoms with Crippen LogP contribution < -0.4 is 0 Å². The van der Waals surface area contributed by atoms with E-state index < -0.39 is 0 Å². The zero-order valence-electron chi connectivity index (χ0n) is 28.2. The van der Waals surface area contributed by atoms with Crippen molar-refractivity contribution in [2.24, 2.45) is 5.92 Å². The van der Waals surface area contributed by atoms with E-state index in [1.165, 1.54) is 27.8 Å². The molecule has 0 fully saturated rings. The summed E-state index contributed by atoms with van der Waals surface area (Å²) in [6.07, 6.45) is 17.2. The molecule has 0 saturated carbocycles. The first kappa shape index (κ1) is 34.5. The molecule has 235 valence electrons. The van der Waals surface area contributed by atoms with Gasteiger partial charge in [-0.3, -0.25) is 0 Å². The third-order valence-corrected chi connectivity index (χ3v) is 8.52. The smallest absolute Gasteiger partial charge is 0.0163 e. The Hall–Kier alpha value is -3.39. The molecular weight excluding hydrogens is 725 g/mol. The number of aromatic nitrogens is 2. The van der Waals surface area contributed by atoms with Crippen molar-refractivity contribution in [1.29, 1.82) is 0 Å². The molecule has 1 radical (unpaired) electrons. The van der Waals surface area contributed by atoms with Crippen LogP contribution in [0.25, 0.3) is 28.6 Å². The number of nitrogens with zero attached hydrogens (tertiary/aromatic N) is 2. The van der Waals surface area contributed by atoms with E-state index in [1.807, 2.05) is 18.5 Å². The summed E-state index contributed by atoms with van der Waals surface area (Å²) in [4.78, 5) is 9.11. The summed E-state index contributed by atoms with van der Waals surface area (Å²) in [5, 5.41) is 0. The molecule has 0 bridgehead atoms.